The maximum absolute atomic E-state index is 12.7. The summed E-state index contributed by atoms with van der Waals surface area (Å²) in [6.07, 6.45) is 5.60. The first-order valence-electron chi connectivity index (χ1n) is 11.4. The maximum atomic E-state index is 12.7. The van der Waals surface area contributed by atoms with Crippen molar-refractivity contribution in [3.63, 3.8) is 0 Å². The van der Waals surface area contributed by atoms with E-state index in [1.54, 1.807) is 0 Å². The number of guanidine groups is 1. The van der Waals surface area contributed by atoms with Gasteiger partial charge in [0.2, 0.25) is 0 Å². The lowest BCUT2D eigenvalue weighted by Crippen LogP contribution is -2.38. The van der Waals surface area contributed by atoms with Crippen LogP contribution in [0.3, 0.4) is 0 Å². The number of aliphatic imine (C=N–C) groups is 1. The van der Waals surface area contributed by atoms with Crippen LogP contribution >= 0.6 is 0 Å². The quantitative estimate of drug-likeness (QED) is 0.368. The van der Waals surface area contributed by atoms with Gasteiger partial charge in [-0.05, 0) is 56.7 Å². The molecule has 7 heteroatoms. The number of likely N-dealkylation sites (tertiary alicyclic amines) is 1. The molecule has 7 nitrogen and oxygen atoms in total. The number of nitrogens with one attached hydrogen (secondary N) is 2. The predicted octanol–water partition coefficient (Wildman–Crippen LogP) is 2.56. The normalized spacial score (nSPS) is 19.7. The molecule has 2 aliphatic heterocycles. The molecule has 1 unspecified atom stereocenters. The molecule has 2 fully saturated rings. The van der Waals surface area contributed by atoms with Gasteiger partial charge < -0.3 is 25.0 Å². The first-order valence-corrected chi connectivity index (χ1v) is 11.4. The van der Waals surface area contributed by atoms with Crippen molar-refractivity contribution >= 4 is 11.9 Å². The Bertz CT molecular complexity index is 683. The second kappa shape index (κ2) is 12.5. The van der Waals surface area contributed by atoms with Crippen LogP contribution in [-0.2, 0) is 16.0 Å². The number of hydrogen-bond acceptors (Lipinski definition) is 4. The molecule has 3 rings (SSSR count). The summed E-state index contributed by atoms with van der Waals surface area (Å²) in [5, 5.41) is 6.63. The van der Waals surface area contributed by atoms with Crippen molar-refractivity contribution in [1.82, 2.24) is 15.5 Å². The minimum atomic E-state index is 0.137. The summed E-state index contributed by atoms with van der Waals surface area (Å²) in [6, 6.07) is 7.86. The van der Waals surface area contributed by atoms with E-state index in [4.69, 9.17) is 9.47 Å². The van der Waals surface area contributed by atoms with E-state index in [0.717, 1.165) is 88.8 Å². The predicted molar refractivity (Wildman–Crippen MR) is 119 cm³/mol. The number of ether oxygens (including phenoxy) is 2. The van der Waals surface area contributed by atoms with Gasteiger partial charge in [-0.25, -0.2) is 4.99 Å². The van der Waals surface area contributed by atoms with Gasteiger partial charge in [0.05, 0.1) is 19.3 Å². The Balaban J connectivity index is 1.46. The second-order valence-corrected chi connectivity index (χ2v) is 7.89. The minimum absolute atomic E-state index is 0.137. The molecule has 1 atom stereocenters. The van der Waals surface area contributed by atoms with Crippen molar-refractivity contribution in [1.29, 1.82) is 0 Å². The number of nitrogens with zero attached hydrogens (tertiary/aromatic N) is 2. The Morgan fingerprint density at radius 2 is 2.13 bits per heavy atom. The Labute approximate surface area is 180 Å². The number of benzene rings is 1. The minimum Gasteiger partial charge on any atom is -0.379 e. The fourth-order valence-corrected chi connectivity index (χ4v) is 3.77. The Morgan fingerprint density at radius 3 is 2.90 bits per heavy atom. The van der Waals surface area contributed by atoms with Gasteiger partial charge in [0.25, 0.3) is 5.91 Å². The van der Waals surface area contributed by atoms with Gasteiger partial charge in [-0.3, -0.25) is 4.79 Å². The molecule has 30 heavy (non-hydrogen) atoms. The van der Waals surface area contributed by atoms with Gasteiger partial charge in [-0.1, -0.05) is 12.1 Å². The van der Waals surface area contributed by atoms with E-state index in [1.165, 1.54) is 6.42 Å². The highest BCUT2D eigenvalue weighted by Crippen LogP contribution is 2.15. The molecule has 2 saturated heterocycles. The third-order valence-electron chi connectivity index (χ3n) is 5.44. The molecule has 0 radical (unpaired) electrons. The van der Waals surface area contributed by atoms with Crippen molar-refractivity contribution in [2.75, 3.05) is 46.0 Å². The molecule has 0 bridgehead atoms. The van der Waals surface area contributed by atoms with Crippen LogP contribution in [0.2, 0.25) is 0 Å². The molecule has 1 amide bonds. The van der Waals surface area contributed by atoms with Crippen LogP contribution in [-0.4, -0.2) is 68.9 Å². The highest BCUT2D eigenvalue weighted by molar-refractivity contribution is 5.94. The third-order valence-corrected chi connectivity index (χ3v) is 5.44. The molecule has 0 aliphatic carbocycles. The lowest BCUT2D eigenvalue weighted by molar-refractivity contribution is 0.0420. The topological polar surface area (TPSA) is 75.2 Å². The zero-order chi connectivity index (χ0) is 21.0. The van der Waals surface area contributed by atoms with E-state index in [1.807, 2.05) is 29.2 Å². The monoisotopic (exact) mass is 416 g/mol. The SMILES string of the molecule is CCNC(=NCc1cccc(C(=O)N2CCCCC2)c1)NCCCOC1CCOC1. The van der Waals surface area contributed by atoms with Crippen LogP contribution in [0.15, 0.2) is 29.3 Å². The molecule has 1 aromatic carbocycles. The van der Waals surface area contributed by atoms with Gasteiger partial charge in [0.1, 0.15) is 0 Å². The standard InChI is InChI=1S/C23H36N4O3/c1-2-24-23(25-11-7-14-30-21-10-15-29-18-21)26-17-19-8-6-9-20(16-19)22(28)27-12-4-3-5-13-27/h6,8-9,16,21H,2-5,7,10-15,17-18H2,1H3,(H2,24,25,26). The van der Waals surface area contributed by atoms with Crippen molar-refractivity contribution in [3.8, 4) is 0 Å². The summed E-state index contributed by atoms with van der Waals surface area (Å²) in [5.74, 6) is 0.924. The van der Waals surface area contributed by atoms with Crippen LogP contribution in [0.4, 0.5) is 0 Å². The van der Waals surface area contributed by atoms with Crippen LogP contribution in [0.5, 0.6) is 0 Å². The molecule has 166 valence electrons. The van der Waals surface area contributed by atoms with Gasteiger partial charge >= 0.3 is 0 Å². The van der Waals surface area contributed by atoms with E-state index >= 15 is 0 Å². The van der Waals surface area contributed by atoms with Crippen molar-refractivity contribution in [3.05, 3.63) is 35.4 Å². The summed E-state index contributed by atoms with van der Waals surface area (Å²) < 4.78 is 11.1. The number of rotatable bonds is 9. The Kier molecular flexibility index (Phi) is 9.44. The molecular weight excluding hydrogens is 380 g/mol. The average Bonchev–Trinajstić information content (AvgIpc) is 3.31. The molecule has 2 N–H and O–H groups in total. The van der Waals surface area contributed by atoms with E-state index < -0.39 is 0 Å². The number of amides is 1. The fraction of sp³-hybridized carbons (Fsp3) is 0.652. The van der Waals surface area contributed by atoms with Crippen molar-refractivity contribution < 1.29 is 14.3 Å². The second-order valence-electron chi connectivity index (χ2n) is 7.89. The fourth-order valence-electron chi connectivity index (χ4n) is 3.77. The lowest BCUT2D eigenvalue weighted by Gasteiger charge is -2.26. The smallest absolute Gasteiger partial charge is 0.253 e. The summed E-state index contributed by atoms with van der Waals surface area (Å²) in [7, 11) is 0. The molecule has 0 aromatic heterocycles. The van der Waals surface area contributed by atoms with Crippen LogP contribution < -0.4 is 10.6 Å². The zero-order valence-corrected chi connectivity index (χ0v) is 18.2. The third kappa shape index (κ3) is 7.29. The zero-order valence-electron chi connectivity index (χ0n) is 18.2. The highest BCUT2D eigenvalue weighted by atomic mass is 16.5. The number of carbonyl (C=O) groups is 1. The van der Waals surface area contributed by atoms with E-state index in [0.29, 0.717) is 6.54 Å². The molecule has 2 heterocycles. The highest BCUT2D eigenvalue weighted by Gasteiger charge is 2.18. The van der Waals surface area contributed by atoms with Gasteiger partial charge in [0.15, 0.2) is 5.96 Å². The maximum Gasteiger partial charge on any atom is 0.253 e. The first kappa shape index (κ1) is 22.6. The summed E-state index contributed by atoms with van der Waals surface area (Å²) in [6.45, 7) is 8.18. The number of carbonyl (C=O) groups excluding carboxylic acids is 1. The Hall–Kier alpha value is -2.12. The summed E-state index contributed by atoms with van der Waals surface area (Å²) in [5.41, 5.74) is 1.80. The molecule has 0 spiro atoms. The molecule has 1 aromatic rings. The van der Waals surface area contributed by atoms with E-state index in [2.05, 4.69) is 22.5 Å². The van der Waals surface area contributed by atoms with Gasteiger partial charge in [-0.2, -0.15) is 0 Å². The lowest BCUT2D eigenvalue weighted by atomic mass is 10.1. The van der Waals surface area contributed by atoms with Gasteiger partial charge in [0, 0.05) is 45.0 Å². The molecule has 2 aliphatic rings. The first-order chi connectivity index (χ1) is 14.8. The van der Waals surface area contributed by atoms with Crippen LogP contribution in [0.1, 0.15) is 54.9 Å². The summed E-state index contributed by atoms with van der Waals surface area (Å²) >= 11 is 0. The van der Waals surface area contributed by atoms with Gasteiger partial charge in [-0.15, -0.1) is 0 Å². The number of hydrogen-bond donors (Lipinski definition) is 2. The van der Waals surface area contributed by atoms with Crippen molar-refractivity contribution in [2.45, 2.75) is 51.7 Å². The average molecular weight is 417 g/mol. The molecular formula is C23H36N4O3. The Morgan fingerprint density at radius 1 is 1.27 bits per heavy atom. The van der Waals surface area contributed by atoms with E-state index in [-0.39, 0.29) is 12.0 Å². The van der Waals surface area contributed by atoms with Crippen LogP contribution in [0.25, 0.3) is 0 Å². The van der Waals surface area contributed by atoms with E-state index in [9.17, 15) is 4.79 Å². The van der Waals surface area contributed by atoms with Crippen molar-refractivity contribution in [2.24, 2.45) is 4.99 Å². The van der Waals surface area contributed by atoms with Crippen LogP contribution in [0, 0.1) is 0 Å². The number of piperidine rings is 1. The summed E-state index contributed by atoms with van der Waals surface area (Å²) in [4.78, 5) is 19.4. The largest absolute Gasteiger partial charge is 0.379 e. The molecule has 0 saturated carbocycles.